The molecule has 8 heteroatoms. The van der Waals surface area contributed by atoms with Crippen LogP contribution in [-0.4, -0.2) is 22.0 Å². The molecule has 0 aliphatic rings. The summed E-state index contributed by atoms with van der Waals surface area (Å²) >= 11 is 1.92. The molecule has 0 saturated carbocycles. The molecule has 1 aromatic heterocycles. The summed E-state index contributed by atoms with van der Waals surface area (Å²) in [6.07, 6.45) is 0.944. The smallest absolute Gasteiger partial charge is 0.337 e. The minimum atomic E-state index is -1.40. The van der Waals surface area contributed by atoms with Gasteiger partial charge in [-0.15, -0.1) is 0 Å². The van der Waals surface area contributed by atoms with Crippen LogP contribution in [0.5, 0.6) is 0 Å². The predicted octanol–water partition coefficient (Wildman–Crippen LogP) is 2.91. The largest absolute Gasteiger partial charge is 0.478 e. The van der Waals surface area contributed by atoms with E-state index in [0.717, 1.165) is 12.3 Å². The highest BCUT2D eigenvalue weighted by atomic mass is 127. The van der Waals surface area contributed by atoms with Crippen LogP contribution in [0.4, 0.5) is 14.5 Å². The summed E-state index contributed by atoms with van der Waals surface area (Å²) in [4.78, 5) is 26.1. The highest BCUT2D eigenvalue weighted by molar-refractivity contribution is 14.1. The molecule has 2 rings (SSSR count). The number of carboxylic acid groups (broad SMARTS) is 1. The van der Waals surface area contributed by atoms with Crippen LogP contribution in [0.2, 0.25) is 0 Å². The number of hydrogen-bond acceptors (Lipinski definition) is 3. The fraction of sp³-hybridized carbons (Fsp3) is 0. The Hall–Kier alpha value is -2.10. The number of carboxylic acids is 1. The third kappa shape index (κ3) is 3.32. The molecular weight excluding hydrogens is 397 g/mol. The van der Waals surface area contributed by atoms with E-state index in [0.29, 0.717) is 3.57 Å². The fourth-order valence-electron chi connectivity index (χ4n) is 1.59. The van der Waals surface area contributed by atoms with Gasteiger partial charge in [-0.25, -0.2) is 14.2 Å². The fourth-order valence-corrected chi connectivity index (χ4v) is 2.08. The Bertz CT molecular complexity index is 737. The van der Waals surface area contributed by atoms with Gasteiger partial charge < -0.3 is 10.4 Å². The number of pyridine rings is 1. The van der Waals surface area contributed by atoms with E-state index in [4.69, 9.17) is 5.11 Å². The third-order valence-electron chi connectivity index (χ3n) is 2.55. The van der Waals surface area contributed by atoms with Crippen LogP contribution in [0.15, 0.2) is 30.5 Å². The summed E-state index contributed by atoms with van der Waals surface area (Å²) in [5.41, 5.74) is -0.716. The van der Waals surface area contributed by atoms with Crippen molar-refractivity contribution in [2.75, 3.05) is 5.32 Å². The highest BCUT2D eigenvalue weighted by Crippen LogP contribution is 2.20. The lowest BCUT2D eigenvalue weighted by molar-refractivity contribution is 0.0698. The lowest BCUT2D eigenvalue weighted by Gasteiger charge is -2.09. The Balaban J connectivity index is 2.36. The van der Waals surface area contributed by atoms with Crippen molar-refractivity contribution in [1.29, 1.82) is 0 Å². The lowest BCUT2D eigenvalue weighted by atomic mass is 10.1. The van der Waals surface area contributed by atoms with Gasteiger partial charge in [-0.3, -0.25) is 4.79 Å². The van der Waals surface area contributed by atoms with Gasteiger partial charge >= 0.3 is 5.97 Å². The predicted molar refractivity (Wildman–Crippen MR) is 78.2 cm³/mol. The molecule has 2 aromatic rings. The lowest BCUT2D eigenvalue weighted by Crippen LogP contribution is -2.17. The molecule has 2 N–H and O–H groups in total. The molecule has 0 atom stereocenters. The molecule has 0 unspecified atom stereocenters. The molecule has 0 spiro atoms. The number of benzene rings is 1. The minimum Gasteiger partial charge on any atom is -0.478 e. The summed E-state index contributed by atoms with van der Waals surface area (Å²) in [5, 5.41) is 11.3. The van der Waals surface area contributed by atoms with Crippen molar-refractivity contribution in [3.05, 3.63) is 56.9 Å². The van der Waals surface area contributed by atoms with Crippen molar-refractivity contribution in [2.45, 2.75) is 0 Å². The maximum Gasteiger partial charge on any atom is 0.337 e. The SMILES string of the molecule is O=C(O)c1cc(I)ccc1NC(=O)c1ccnc(F)c1F. The standard InChI is InChI=1S/C13H7F2IN2O3/c14-10-7(3-4-17-11(10)15)12(19)18-9-2-1-6(16)5-8(9)13(20)21/h1-5H,(H,18,19)(H,20,21). The van der Waals surface area contributed by atoms with Gasteiger partial charge in [0.25, 0.3) is 5.91 Å². The van der Waals surface area contributed by atoms with Crippen molar-refractivity contribution < 1.29 is 23.5 Å². The number of nitrogens with one attached hydrogen (secondary N) is 1. The second kappa shape index (κ2) is 6.12. The van der Waals surface area contributed by atoms with Crippen LogP contribution in [-0.2, 0) is 0 Å². The number of hydrogen-bond donors (Lipinski definition) is 2. The number of rotatable bonds is 3. The summed E-state index contributed by atoms with van der Waals surface area (Å²) in [7, 11) is 0. The average molecular weight is 404 g/mol. The Morgan fingerprint density at radius 2 is 1.90 bits per heavy atom. The van der Waals surface area contributed by atoms with E-state index in [1.165, 1.54) is 12.1 Å². The van der Waals surface area contributed by atoms with E-state index >= 15 is 0 Å². The van der Waals surface area contributed by atoms with Crippen LogP contribution < -0.4 is 5.32 Å². The van der Waals surface area contributed by atoms with E-state index < -0.39 is 29.2 Å². The van der Waals surface area contributed by atoms with Crippen molar-refractivity contribution in [3.8, 4) is 0 Å². The van der Waals surface area contributed by atoms with Crippen molar-refractivity contribution in [1.82, 2.24) is 4.98 Å². The van der Waals surface area contributed by atoms with E-state index in [-0.39, 0.29) is 11.3 Å². The van der Waals surface area contributed by atoms with Crippen molar-refractivity contribution in [3.63, 3.8) is 0 Å². The molecule has 0 aliphatic heterocycles. The van der Waals surface area contributed by atoms with Crippen LogP contribution in [0.3, 0.4) is 0 Å². The average Bonchev–Trinajstić information content (AvgIpc) is 2.43. The number of aromatic carboxylic acids is 1. The summed E-state index contributed by atoms with van der Waals surface area (Å²) < 4.78 is 27.1. The van der Waals surface area contributed by atoms with E-state index in [1.807, 2.05) is 22.6 Å². The molecule has 1 aromatic carbocycles. The molecule has 5 nitrogen and oxygen atoms in total. The number of carbonyl (C=O) groups excluding carboxylic acids is 1. The zero-order valence-corrected chi connectivity index (χ0v) is 12.4. The zero-order valence-electron chi connectivity index (χ0n) is 10.2. The van der Waals surface area contributed by atoms with Crippen LogP contribution in [0, 0.1) is 15.3 Å². The molecule has 0 saturated heterocycles. The van der Waals surface area contributed by atoms with Gasteiger partial charge in [-0.2, -0.15) is 4.39 Å². The Morgan fingerprint density at radius 3 is 2.57 bits per heavy atom. The molecule has 0 aliphatic carbocycles. The maximum absolute atomic E-state index is 13.5. The normalized spacial score (nSPS) is 10.2. The summed E-state index contributed by atoms with van der Waals surface area (Å²) in [5.74, 6) is -5.00. The third-order valence-corrected chi connectivity index (χ3v) is 3.22. The molecule has 21 heavy (non-hydrogen) atoms. The maximum atomic E-state index is 13.5. The monoisotopic (exact) mass is 404 g/mol. The van der Waals surface area contributed by atoms with E-state index in [2.05, 4.69) is 10.3 Å². The Kier molecular flexibility index (Phi) is 4.46. The first-order valence-corrected chi connectivity index (χ1v) is 6.62. The van der Waals surface area contributed by atoms with E-state index in [1.54, 1.807) is 6.07 Å². The summed E-state index contributed by atoms with van der Waals surface area (Å²) in [6.45, 7) is 0. The first-order valence-electron chi connectivity index (χ1n) is 5.54. The summed E-state index contributed by atoms with van der Waals surface area (Å²) in [6, 6.07) is 5.30. The first-order chi connectivity index (χ1) is 9.90. The van der Waals surface area contributed by atoms with E-state index in [9.17, 15) is 18.4 Å². The van der Waals surface area contributed by atoms with Gasteiger partial charge in [0.2, 0.25) is 5.95 Å². The van der Waals surface area contributed by atoms with Gasteiger partial charge in [-0.1, -0.05) is 0 Å². The molecule has 0 radical (unpaired) electrons. The Labute approximate surface area is 131 Å². The number of anilines is 1. The van der Waals surface area contributed by atoms with Gasteiger partial charge in [0.1, 0.15) is 0 Å². The van der Waals surface area contributed by atoms with Crippen LogP contribution in [0.25, 0.3) is 0 Å². The molecule has 0 fully saturated rings. The molecule has 1 amide bonds. The molecule has 0 bridgehead atoms. The van der Waals surface area contributed by atoms with Crippen molar-refractivity contribution >= 4 is 40.2 Å². The van der Waals surface area contributed by atoms with Crippen LogP contribution >= 0.6 is 22.6 Å². The van der Waals surface area contributed by atoms with Gasteiger partial charge in [0.15, 0.2) is 5.82 Å². The second-order valence-corrected chi connectivity index (χ2v) is 5.16. The number of halogens is 3. The zero-order chi connectivity index (χ0) is 15.6. The van der Waals surface area contributed by atoms with Crippen LogP contribution in [0.1, 0.15) is 20.7 Å². The molecule has 1 heterocycles. The van der Waals surface area contributed by atoms with Crippen molar-refractivity contribution in [2.24, 2.45) is 0 Å². The first kappa shape index (κ1) is 15.3. The number of aromatic nitrogens is 1. The van der Waals surface area contributed by atoms with Gasteiger partial charge in [0, 0.05) is 9.77 Å². The Morgan fingerprint density at radius 1 is 1.19 bits per heavy atom. The van der Waals surface area contributed by atoms with Gasteiger partial charge in [0.05, 0.1) is 16.8 Å². The second-order valence-electron chi connectivity index (χ2n) is 3.91. The van der Waals surface area contributed by atoms with Gasteiger partial charge in [-0.05, 0) is 46.9 Å². The molecule has 108 valence electrons. The topological polar surface area (TPSA) is 79.3 Å². The number of amides is 1. The minimum absolute atomic E-state index is 0.00969. The molecular formula is C13H7F2IN2O3. The quantitative estimate of drug-likeness (QED) is 0.609. The number of nitrogens with zero attached hydrogens (tertiary/aromatic N) is 1. The highest BCUT2D eigenvalue weighted by Gasteiger charge is 2.19. The number of carbonyl (C=O) groups is 2.